The molecular weight excluding hydrogens is 518 g/mol. The zero-order valence-corrected chi connectivity index (χ0v) is 24.7. The number of fused-ring (bicyclic) bond motifs is 1. The van der Waals surface area contributed by atoms with Crippen LogP contribution in [-0.4, -0.2) is 58.0 Å². The summed E-state index contributed by atoms with van der Waals surface area (Å²) in [6, 6.07) is 20.0. The average molecular weight is 558 g/mol. The molecule has 0 radical (unpaired) electrons. The van der Waals surface area contributed by atoms with Crippen LogP contribution in [0.5, 0.6) is 11.5 Å². The molecule has 4 aromatic rings. The van der Waals surface area contributed by atoms with Crippen molar-refractivity contribution >= 4 is 22.8 Å². The molecule has 41 heavy (non-hydrogen) atoms. The van der Waals surface area contributed by atoms with Crippen LogP contribution in [0.4, 0.5) is 0 Å². The summed E-state index contributed by atoms with van der Waals surface area (Å²) in [5.41, 5.74) is 3.83. The Morgan fingerprint density at radius 1 is 1.00 bits per heavy atom. The van der Waals surface area contributed by atoms with Gasteiger partial charge in [0.05, 0.1) is 19.7 Å². The molecule has 0 unspecified atom stereocenters. The molecular formula is C32H39N5O4. The lowest BCUT2D eigenvalue weighted by Crippen LogP contribution is -2.51. The normalized spacial score (nSPS) is 12.1. The fourth-order valence-corrected chi connectivity index (χ4v) is 4.77. The summed E-state index contributed by atoms with van der Waals surface area (Å²) >= 11 is 0. The maximum absolute atomic E-state index is 14.2. The zero-order valence-electron chi connectivity index (χ0n) is 24.7. The summed E-state index contributed by atoms with van der Waals surface area (Å²) in [5.74, 6) is 0.492. The molecule has 1 atom stereocenters. The van der Waals surface area contributed by atoms with Crippen LogP contribution in [-0.2, 0) is 22.6 Å². The van der Waals surface area contributed by atoms with Crippen LogP contribution in [0.3, 0.4) is 0 Å². The quantitative estimate of drug-likeness (QED) is 0.267. The third-order valence-electron chi connectivity index (χ3n) is 7.54. The van der Waals surface area contributed by atoms with Gasteiger partial charge >= 0.3 is 0 Å². The van der Waals surface area contributed by atoms with Gasteiger partial charge < -0.3 is 19.7 Å². The molecule has 216 valence electrons. The predicted octanol–water partition coefficient (Wildman–Crippen LogP) is 4.87. The first-order valence-electron chi connectivity index (χ1n) is 13.8. The lowest BCUT2D eigenvalue weighted by Gasteiger charge is -2.35. The van der Waals surface area contributed by atoms with Crippen LogP contribution in [0.2, 0.25) is 0 Å². The van der Waals surface area contributed by atoms with Gasteiger partial charge in [-0.05, 0) is 74.6 Å². The predicted molar refractivity (Wildman–Crippen MR) is 159 cm³/mol. The molecule has 0 saturated carbocycles. The number of para-hydroxylation sites is 1. The average Bonchev–Trinajstić information content (AvgIpc) is 3.37. The largest absolute Gasteiger partial charge is 0.493 e. The minimum atomic E-state index is -0.924. The maximum atomic E-state index is 14.2. The molecule has 0 aliphatic carbocycles. The third kappa shape index (κ3) is 6.85. The molecule has 1 N–H and O–H groups in total. The minimum absolute atomic E-state index is 0.0669. The number of benzene rings is 3. The molecule has 9 nitrogen and oxygen atoms in total. The van der Waals surface area contributed by atoms with Gasteiger partial charge in [0, 0.05) is 12.1 Å². The van der Waals surface area contributed by atoms with Crippen molar-refractivity contribution < 1.29 is 19.1 Å². The minimum Gasteiger partial charge on any atom is -0.493 e. The highest BCUT2D eigenvalue weighted by atomic mass is 16.5. The van der Waals surface area contributed by atoms with E-state index in [1.807, 2.05) is 76.2 Å². The Bertz CT molecular complexity index is 1510. The molecule has 0 fully saturated rings. The molecule has 0 saturated heterocycles. The van der Waals surface area contributed by atoms with Crippen molar-refractivity contribution in [1.82, 2.24) is 25.2 Å². The summed E-state index contributed by atoms with van der Waals surface area (Å²) < 4.78 is 12.6. The molecule has 1 aromatic heterocycles. The van der Waals surface area contributed by atoms with E-state index in [0.717, 1.165) is 23.1 Å². The van der Waals surface area contributed by atoms with E-state index in [-0.39, 0.29) is 18.4 Å². The van der Waals surface area contributed by atoms with Crippen LogP contribution in [0.15, 0.2) is 66.7 Å². The van der Waals surface area contributed by atoms with Gasteiger partial charge in [0.15, 0.2) is 11.5 Å². The van der Waals surface area contributed by atoms with Crippen molar-refractivity contribution in [3.63, 3.8) is 0 Å². The highest BCUT2D eigenvalue weighted by molar-refractivity contribution is 5.90. The van der Waals surface area contributed by atoms with Crippen LogP contribution >= 0.6 is 0 Å². The fourth-order valence-electron chi connectivity index (χ4n) is 4.77. The third-order valence-corrected chi connectivity index (χ3v) is 7.54. The number of hydrogen-bond donors (Lipinski definition) is 1. The van der Waals surface area contributed by atoms with Gasteiger partial charge in [-0.15, -0.1) is 5.10 Å². The number of carbonyl (C=O) groups is 2. The number of rotatable bonds is 12. The van der Waals surface area contributed by atoms with Crippen LogP contribution in [0.25, 0.3) is 11.0 Å². The number of aryl methyl sites for hydroxylation is 1. The fraction of sp³-hybridized carbons (Fsp3) is 0.375. The number of hydrogen-bond acceptors (Lipinski definition) is 6. The lowest BCUT2D eigenvalue weighted by molar-refractivity contribution is -0.142. The van der Waals surface area contributed by atoms with Crippen molar-refractivity contribution in [2.75, 3.05) is 20.8 Å². The maximum Gasteiger partial charge on any atom is 0.247 e. The first-order valence-corrected chi connectivity index (χ1v) is 13.8. The van der Waals surface area contributed by atoms with Gasteiger partial charge in [-0.25, -0.2) is 4.68 Å². The molecule has 0 bridgehead atoms. The van der Waals surface area contributed by atoms with Gasteiger partial charge in [0.1, 0.15) is 18.1 Å². The summed E-state index contributed by atoms with van der Waals surface area (Å²) in [5, 5.41) is 11.6. The molecule has 9 heteroatoms. The molecule has 0 aliphatic rings. The Labute approximate surface area is 241 Å². The van der Waals surface area contributed by atoms with E-state index in [1.165, 1.54) is 0 Å². The molecule has 2 amide bonds. The second-order valence-electron chi connectivity index (χ2n) is 10.7. The van der Waals surface area contributed by atoms with E-state index in [0.29, 0.717) is 35.5 Å². The number of nitrogens with zero attached hydrogens (tertiary/aromatic N) is 4. The smallest absolute Gasteiger partial charge is 0.247 e. The van der Waals surface area contributed by atoms with Gasteiger partial charge in [-0.2, -0.15) is 0 Å². The Hall–Kier alpha value is -4.40. The number of nitrogens with one attached hydrogen (secondary N) is 1. The summed E-state index contributed by atoms with van der Waals surface area (Å²) in [6.07, 6.45) is 1.30. The van der Waals surface area contributed by atoms with Gasteiger partial charge in [0.2, 0.25) is 11.8 Å². The second-order valence-corrected chi connectivity index (χ2v) is 10.7. The summed E-state index contributed by atoms with van der Waals surface area (Å²) in [6.45, 7) is 8.25. The first-order chi connectivity index (χ1) is 19.7. The topological polar surface area (TPSA) is 98.6 Å². The Kier molecular flexibility index (Phi) is 9.27. The summed E-state index contributed by atoms with van der Waals surface area (Å²) in [7, 11) is 3.11. The van der Waals surface area contributed by atoms with E-state index in [2.05, 4.69) is 21.7 Å². The van der Waals surface area contributed by atoms with Crippen LogP contribution in [0, 0.1) is 6.92 Å². The zero-order chi connectivity index (χ0) is 29.6. The Balaban J connectivity index is 1.79. The Morgan fingerprint density at radius 3 is 2.41 bits per heavy atom. The standard InChI is InChI=1S/C32H39N5O4/c1-7-32(3,4)33-31(39)30(24-16-17-27(40-5)28(20-24)41-6)36(19-18-23-13-9-8-12-22(23)2)29(38)21-37-26-15-11-10-14-25(26)34-35-37/h8-17,20,30H,7,18-19,21H2,1-6H3,(H,33,39)/t30-/m1/s1. The molecule has 1 heterocycles. The number of methoxy groups -OCH3 is 2. The van der Waals surface area contributed by atoms with Crippen LogP contribution in [0.1, 0.15) is 49.9 Å². The van der Waals surface area contributed by atoms with Crippen LogP contribution < -0.4 is 14.8 Å². The SMILES string of the molecule is CCC(C)(C)NC(=O)[C@@H](c1ccc(OC)c(OC)c1)N(CCc1ccccc1C)C(=O)Cn1nnc2ccccc21. The lowest BCUT2D eigenvalue weighted by atomic mass is 9.97. The van der Waals surface area contributed by atoms with Crippen molar-refractivity contribution in [2.24, 2.45) is 0 Å². The molecule has 3 aromatic carbocycles. The van der Waals surface area contributed by atoms with E-state index >= 15 is 0 Å². The van der Waals surface area contributed by atoms with Gasteiger partial charge in [0.25, 0.3) is 0 Å². The summed E-state index contributed by atoms with van der Waals surface area (Å²) in [4.78, 5) is 29.9. The molecule has 4 rings (SSSR count). The van der Waals surface area contributed by atoms with Gasteiger partial charge in [-0.3, -0.25) is 9.59 Å². The number of amides is 2. The Morgan fingerprint density at radius 2 is 1.71 bits per heavy atom. The second kappa shape index (κ2) is 12.8. The first kappa shape index (κ1) is 29.6. The number of ether oxygens (including phenoxy) is 2. The number of aromatic nitrogens is 3. The van der Waals surface area contributed by atoms with E-state index in [1.54, 1.807) is 35.9 Å². The van der Waals surface area contributed by atoms with E-state index in [4.69, 9.17) is 9.47 Å². The molecule has 0 spiro atoms. The monoisotopic (exact) mass is 557 g/mol. The highest BCUT2D eigenvalue weighted by Crippen LogP contribution is 2.33. The van der Waals surface area contributed by atoms with E-state index in [9.17, 15) is 9.59 Å². The van der Waals surface area contributed by atoms with Gasteiger partial charge in [-0.1, -0.05) is 54.6 Å². The highest BCUT2D eigenvalue weighted by Gasteiger charge is 2.34. The van der Waals surface area contributed by atoms with Crippen molar-refractivity contribution in [1.29, 1.82) is 0 Å². The van der Waals surface area contributed by atoms with E-state index < -0.39 is 11.6 Å². The van der Waals surface area contributed by atoms with Crippen molar-refractivity contribution in [3.8, 4) is 11.5 Å². The number of carbonyl (C=O) groups excluding carboxylic acids is 2. The van der Waals surface area contributed by atoms with Crippen molar-refractivity contribution in [3.05, 3.63) is 83.4 Å². The van der Waals surface area contributed by atoms with Crippen molar-refractivity contribution in [2.45, 2.75) is 58.7 Å². The molecule has 0 aliphatic heterocycles.